The molecule has 0 bridgehead atoms. The normalized spacial score (nSPS) is 17.3. The van der Waals surface area contributed by atoms with Crippen molar-refractivity contribution >= 4 is 11.0 Å². The van der Waals surface area contributed by atoms with Crippen molar-refractivity contribution in [3.05, 3.63) is 22.4 Å². The lowest BCUT2D eigenvalue weighted by molar-refractivity contribution is 0.663. The first-order valence-electron chi connectivity index (χ1n) is 5.67. The van der Waals surface area contributed by atoms with Crippen LogP contribution in [0, 0.1) is 0 Å². The van der Waals surface area contributed by atoms with Crippen LogP contribution in [0.3, 0.4) is 0 Å². The topological polar surface area (TPSA) is 63.6 Å². The Bertz CT molecular complexity index is 577. The minimum absolute atomic E-state index is 0.0694. The van der Waals surface area contributed by atoms with Gasteiger partial charge in [0.25, 0.3) is 5.56 Å². The predicted octanol–water partition coefficient (Wildman–Crippen LogP) is 1.31. The number of aromatic amines is 1. The molecule has 0 aromatic carbocycles. The maximum atomic E-state index is 11.8. The lowest BCUT2D eigenvalue weighted by Gasteiger charge is -2.07. The molecule has 1 aliphatic carbocycles. The van der Waals surface area contributed by atoms with Gasteiger partial charge in [0.2, 0.25) is 0 Å². The van der Waals surface area contributed by atoms with E-state index in [0.29, 0.717) is 17.0 Å². The number of hydrogen-bond donors (Lipinski definition) is 1. The van der Waals surface area contributed by atoms with E-state index < -0.39 is 0 Å². The molecular weight excluding hydrogens is 204 g/mol. The van der Waals surface area contributed by atoms with E-state index in [4.69, 9.17) is 0 Å². The van der Waals surface area contributed by atoms with Gasteiger partial charge in [0, 0.05) is 13.0 Å². The Hall–Kier alpha value is -1.65. The third-order valence-corrected chi connectivity index (χ3v) is 3.36. The minimum Gasteiger partial charge on any atom is -0.310 e. The number of fused-ring (bicyclic) bond motifs is 1. The van der Waals surface area contributed by atoms with E-state index in [2.05, 4.69) is 15.1 Å². The summed E-state index contributed by atoms with van der Waals surface area (Å²) in [6, 6.07) is 0. The summed E-state index contributed by atoms with van der Waals surface area (Å²) < 4.78 is 1.66. The fraction of sp³-hybridized carbons (Fsp3) is 0.545. The molecule has 0 amide bonds. The molecule has 2 aromatic heterocycles. The minimum atomic E-state index is -0.0694. The average Bonchev–Trinajstić information content (AvgIpc) is 2.88. The Balaban J connectivity index is 2.19. The van der Waals surface area contributed by atoms with Crippen LogP contribution in [0.1, 0.15) is 37.4 Å². The molecule has 1 aliphatic rings. The van der Waals surface area contributed by atoms with Crippen LogP contribution in [0.5, 0.6) is 0 Å². The molecule has 5 nitrogen and oxygen atoms in total. The van der Waals surface area contributed by atoms with Gasteiger partial charge < -0.3 is 4.98 Å². The highest BCUT2D eigenvalue weighted by atomic mass is 16.1. The third-order valence-electron chi connectivity index (χ3n) is 3.36. The van der Waals surface area contributed by atoms with Crippen LogP contribution in [0.25, 0.3) is 11.0 Å². The number of hydrogen-bond acceptors (Lipinski definition) is 3. The molecule has 84 valence electrons. The second kappa shape index (κ2) is 3.43. The van der Waals surface area contributed by atoms with Gasteiger partial charge in [-0.25, -0.2) is 4.98 Å². The lowest BCUT2D eigenvalue weighted by Crippen LogP contribution is -2.14. The first-order valence-corrected chi connectivity index (χ1v) is 5.67. The van der Waals surface area contributed by atoms with Crippen LogP contribution in [0.4, 0.5) is 0 Å². The molecule has 0 spiro atoms. The van der Waals surface area contributed by atoms with Crippen LogP contribution in [0.15, 0.2) is 11.0 Å². The third kappa shape index (κ3) is 1.35. The van der Waals surface area contributed by atoms with Crippen LogP contribution in [-0.2, 0) is 7.05 Å². The quantitative estimate of drug-likeness (QED) is 0.785. The van der Waals surface area contributed by atoms with E-state index in [9.17, 15) is 4.79 Å². The van der Waals surface area contributed by atoms with E-state index in [1.165, 1.54) is 12.8 Å². The van der Waals surface area contributed by atoms with Gasteiger partial charge >= 0.3 is 0 Å². The van der Waals surface area contributed by atoms with Crippen molar-refractivity contribution in [2.45, 2.75) is 31.6 Å². The first kappa shape index (κ1) is 9.57. The highest BCUT2D eigenvalue weighted by molar-refractivity contribution is 5.72. The van der Waals surface area contributed by atoms with Gasteiger partial charge in [0.1, 0.15) is 11.2 Å². The summed E-state index contributed by atoms with van der Waals surface area (Å²) in [6.07, 6.45) is 6.30. The summed E-state index contributed by atoms with van der Waals surface area (Å²) >= 11 is 0. The van der Waals surface area contributed by atoms with Crippen LogP contribution in [0.2, 0.25) is 0 Å². The molecule has 1 fully saturated rings. The standard InChI is InChI=1S/C11H14N4O/c1-15-10-8(6-12-15)11(16)14-9(13-10)7-4-2-3-5-7/h6-7H,2-5H2,1H3,(H,13,14,16). The first-order chi connectivity index (χ1) is 7.75. The maximum Gasteiger partial charge on any atom is 0.262 e. The summed E-state index contributed by atoms with van der Waals surface area (Å²) in [6.45, 7) is 0. The van der Waals surface area contributed by atoms with Crippen molar-refractivity contribution in [2.24, 2.45) is 7.05 Å². The number of nitrogens with one attached hydrogen (secondary N) is 1. The maximum absolute atomic E-state index is 11.8. The molecular formula is C11H14N4O. The molecule has 0 radical (unpaired) electrons. The molecule has 0 unspecified atom stereocenters. The van der Waals surface area contributed by atoms with E-state index in [1.807, 2.05) is 7.05 Å². The summed E-state index contributed by atoms with van der Waals surface area (Å²) in [4.78, 5) is 19.2. The Morgan fingerprint density at radius 1 is 1.44 bits per heavy atom. The van der Waals surface area contributed by atoms with Crippen molar-refractivity contribution < 1.29 is 0 Å². The number of aromatic nitrogens is 4. The zero-order valence-electron chi connectivity index (χ0n) is 9.23. The Morgan fingerprint density at radius 3 is 2.94 bits per heavy atom. The van der Waals surface area contributed by atoms with E-state index in [0.717, 1.165) is 18.7 Å². The van der Waals surface area contributed by atoms with Crippen molar-refractivity contribution in [2.75, 3.05) is 0 Å². The second-order valence-electron chi connectivity index (χ2n) is 4.44. The van der Waals surface area contributed by atoms with Gasteiger partial charge in [-0.05, 0) is 12.8 Å². The molecule has 2 heterocycles. The zero-order chi connectivity index (χ0) is 11.1. The molecule has 16 heavy (non-hydrogen) atoms. The lowest BCUT2D eigenvalue weighted by atomic mass is 10.1. The number of aryl methyl sites for hydroxylation is 1. The number of H-pyrrole nitrogens is 1. The van der Waals surface area contributed by atoms with Crippen molar-refractivity contribution in [1.29, 1.82) is 0 Å². The summed E-state index contributed by atoms with van der Waals surface area (Å²) in [5.74, 6) is 1.26. The van der Waals surface area contributed by atoms with Crippen molar-refractivity contribution in [3.8, 4) is 0 Å². The van der Waals surface area contributed by atoms with Crippen LogP contribution in [-0.4, -0.2) is 19.7 Å². The largest absolute Gasteiger partial charge is 0.310 e. The highest BCUT2D eigenvalue weighted by Crippen LogP contribution is 2.31. The highest BCUT2D eigenvalue weighted by Gasteiger charge is 2.20. The fourth-order valence-electron chi connectivity index (χ4n) is 2.44. The van der Waals surface area contributed by atoms with E-state index in [1.54, 1.807) is 10.9 Å². The van der Waals surface area contributed by atoms with Gasteiger partial charge in [-0.2, -0.15) is 5.10 Å². The molecule has 3 rings (SSSR count). The Labute approximate surface area is 92.5 Å². The molecule has 0 saturated heterocycles. The Morgan fingerprint density at radius 2 is 2.19 bits per heavy atom. The van der Waals surface area contributed by atoms with Gasteiger partial charge in [-0.15, -0.1) is 0 Å². The van der Waals surface area contributed by atoms with Gasteiger partial charge in [0.15, 0.2) is 5.65 Å². The summed E-state index contributed by atoms with van der Waals surface area (Å²) in [5.41, 5.74) is 0.616. The number of rotatable bonds is 1. The zero-order valence-corrected chi connectivity index (χ0v) is 9.23. The average molecular weight is 218 g/mol. The number of nitrogens with zero attached hydrogens (tertiary/aromatic N) is 3. The molecule has 0 atom stereocenters. The predicted molar refractivity (Wildman–Crippen MR) is 60.3 cm³/mol. The van der Waals surface area contributed by atoms with Gasteiger partial charge in [-0.1, -0.05) is 12.8 Å². The SMILES string of the molecule is Cn1ncc2c(=O)[nH]c(C3CCCC3)nc21. The van der Waals surface area contributed by atoms with Crippen molar-refractivity contribution in [1.82, 2.24) is 19.7 Å². The molecule has 1 N–H and O–H groups in total. The second-order valence-corrected chi connectivity index (χ2v) is 4.44. The van der Waals surface area contributed by atoms with E-state index >= 15 is 0 Å². The van der Waals surface area contributed by atoms with E-state index in [-0.39, 0.29) is 5.56 Å². The van der Waals surface area contributed by atoms with Gasteiger partial charge in [0.05, 0.1) is 6.20 Å². The molecule has 1 saturated carbocycles. The molecule has 5 heteroatoms. The monoisotopic (exact) mass is 218 g/mol. The van der Waals surface area contributed by atoms with Gasteiger partial charge in [-0.3, -0.25) is 9.48 Å². The Kier molecular flexibility index (Phi) is 2.05. The molecule has 2 aromatic rings. The fourth-order valence-corrected chi connectivity index (χ4v) is 2.44. The summed E-state index contributed by atoms with van der Waals surface area (Å²) in [5, 5.41) is 4.63. The van der Waals surface area contributed by atoms with Crippen LogP contribution >= 0.6 is 0 Å². The smallest absolute Gasteiger partial charge is 0.262 e. The van der Waals surface area contributed by atoms with Crippen LogP contribution < -0.4 is 5.56 Å². The molecule has 0 aliphatic heterocycles. The summed E-state index contributed by atoms with van der Waals surface area (Å²) in [7, 11) is 1.81. The van der Waals surface area contributed by atoms with Crippen molar-refractivity contribution in [3.63, 3.8) is 0 Å².